The Hall–Kier alpha value is -4.46. The van der Waals surface area contributed by atoms with Crippen molar-refractivity contribution in [2.75, 3.05) is 5.32 Å². The van der Waals surface area contributed by atoms with Crippen LogP contribution < -0.4 is 10.1 Å². The Morgan fingerprint density at radius 2 is 1.72 bits per heavy atom. The number of aromatic nitrogens is 2. The summed E-state index contributed by atoms with van der Waals surface area (Å²) in [6.45, 7) is 0.844. The fraction of sp³-hybridized carbons (Fsp3) is 0.0833. The Morgan fingerprint density at radius 3 is 2.47 bits per heavy atom. The zero-order chi connectivity index (χ0) is 22.3. The van der Waals surface area contributed by atoms with E-state index < -0.39 is 4.92 Å². The number of benzene rings is 3. The predicted octanol–water partition coefficient (Wildman–Crippen LogP) is 4.67. The number of non-ortho nitro benzene ring substituents is 1. The molecule has 0 atom stereocenters. The minimum Gasteiger partial charge on any atom is -0.489 e. The molecule has 4 rings (SSSR count). The van der Waals surface area contributed by atoms with Gasteiger partial charge in [0.1, 0.15) is 12.4 Å². The van der Waals surface area contributed by atoms with Gasteiger partial charge in [0, 0.05) is 30.0 Å². The molecule has 1 aromatic heterocycles. The van der Waals surface area contributed by atoms with Crippen LogP contribution in [-0.2, 0) is 13.2 Å². The highest BCUT2D eigenvalue weighted by Gasteiger charge is 2.10. The average molecular weight is 428 g/mol. The first-order valence-electron chi connectivity index (χ1n) is 9.92. The molecular weight excluding hydrogens is 408 g/mol. The molecule has 0 spiro atoms. The van der Waals surface area contributed by atoms with Crippen molar-refractivity contribution < 1.29 is 14.5 Å². The van der Waals surface area contributed by atoms with Gasteiger partial charge in [-0.3, -0.25) is 19.6 Å². The molecule has 32 heavy (non-hydrogen) atoms. The third kappa shape index (κ3) is 5.37. The number of hydrogen-bond donors (Lipinski definition) is 1. The number of nitro groups is 1. The van der Waals surface area contributed by atoms with Crippen molar-refractivity contribution in [3.63, 3.8) is 0 Å². The molecule has 8 nitrogen and oxygen atoms in total. The van der Waals surface area contributed by atoms with Gasteiger partial charge in [0.05, 0.1) is 11.5 Å². The van der Waals surface area contributed by atoms with E-state index in [1.165, 1.54) is 12.1 Å². The van der Waals surface area contributed by atoms with Crippen LogP contribution >= 0.6 is 0 Å². The minimum absolute atomic E-state index is 0.00206. The molecule has 0 radical (unpaired) electrons. The first-order valence-corrected chi connectivity index (χ1v) is 9.92. The van der Waals surface area contributed by atoms with E-state index in [1.54, 1.807) is 41.1 Å². The summed E-state index contributed by atoms with van der Waals surface area (Å²) < 4.78 is 7.43. The van der Waals surface area contributed by atoms with Crippen LogP contribution in [-0.4, -0.2) is 20.6 Å². The smallest absolute Gasteiger partial charge is 0.269 e. The van der Waals surface area contributed by atoms with E-state index in [0.717, 1.165) is 11.1 Å². The molecule has 0 aliphatic carbocycles. The molecule has 0 bridgehead atoms. The van der Waals surface area contributed by atoms with Crippen LogP contribution in [0, 0.1) is 10.1 Å². The van der Waals surface area contributed by atoms with Crippen molar-refractivity contribution >= 4 is 17.4 Å². The summed E-state index contributed by atoms with van der Waals surface area (Å²) in [5, 5.41) is 17.9. The largest absolute Gasteiger partial charge is 0.489 e. The fourth-order valence-electron chi connectivity index (χ4n) is 3.11. The van der Waals surface area contributed by atoms with E-state index in [4.69, 9.17) is 4.74 Å². The van der Waals surface area contributed by atoms with Crippen LogP contribution in [0.15, 0.2) is 91.1 Å². The summed E-state index contributed by atoms with van der Waals surface area (Å²) in [6, 6.07) is 24.6. The van der Waals surface area contributed by atoms with Crippen LogP contribution in [0.4, 0.5) is 11.5 Å². The maximum absolute atomic E-state index is 12.6. The van der Waals surface area contributed by atoms with Crippen molar-refractivity contribution in [1.82, 2.24) is 9.78 Å². The van der Waals surface area contributed by atoms with E-state index in [1.807, 2.05) is 42.6 Å². The molecule has 1 amide bonds. The Morgan fingerprint density at radius 1 is 0.969 bits per heavy atom. The topological polar surface area (TPSA) is 99.3 Å². The van der Waals surface area contributed by atoms with Crippen LogP contribution in [0.3, 0.4) is 0 Å². The molecule has 0 aliphatic rings. The number of ether oxygens (including phenoxy) is 1. The van der Waals surface area contributed by atoms with Crippen molar-refractivity contribution in [2.45, 2.75) is 13.2 Å². The maximum Gasteiger partial charge on any atom is 0.269 e. The van der Waals surface area contributed by atoms with Gasteiger partial charge in [0.15, 0.2) is 5.82 Å². The third-order valence-corrected chi connectivity index (χ3v) is 4.71. The molecule has 0 unspecified atom stereocenters. The molecule has 1 heterocycles. The summed E-state index contributed by atoms with van der Waals surface area (Å²) in [7, 11) is 0. The van der Waals surface area contributed by atoms with E-state index in [2.05, 4.69) is 10.4 Å². The normalized spacial score (nSPS) is 10.5. The maximum atomic E-state index is 12.6. The molecule has 3 aromatic carbocycles. The lowest BCUT2D eigenvalue weighted by Gasteiger charge is -2.08. The number of nitrogens with one attached hydrogen (secondary N) is 1. The Balaban J connectivity index is 1.35. The lowest BCUT2D eigenvalue weighted by molar-refractivity contribution is -0.384. The summed E-state index contributed by atoms with van der Waals surface area (Å²) in [4.78, 5) is 22.9. The molecular formula is C24H20N4O4. The Bertz CT molecular complexity index is 1220. The molecule has 8 heteroatoms. The second-order valence-electron chi connectivity index (χ2n) is 7.08. The van der Waals surface area contributed by atoms with Crippen molar-refractivity contribution in [1.29, 1.82) is 0 Å². The summed E-state index contributed by atoms with van der Waals surface area (Å²) in [5.41, 5.74) is 2.40. The molecule has 0 fully saturated rings. The molecule has 160 valence electrons. The minimum atomic E-state index is -0.462. The first kappa shape index (κ1) is 20.8. The number of nitrogens with zero attached hydrogens (tertiary/aromatic N) is 3. The van der Waals surface area contributed by atoms with Gasteiger partial charge in [0.25, 0.3) is 11.6 Å². The number of anilines is 1. The number of hydrogen-bond acceptors (Lipinski definition) is 5. The second kappa shape index (κ2) is 9.57. The first-order chi connectivity index (χ1) is 15.6. The Kier molecular flexibility index (Phi) is 6.22. The third-order valence-electron chi connectivity index (χ3n) is 4.71. The van der Waals surface area contributed by atoms with Gasteiger partial charge in [-0.1, -0.05) is 42.5 Å². The monoisotopic (exact) mass is 428 g/mol. The van der Waals surface area contributed by atoms with Crippen LogP contribution in [0.5, 0.6) is 5.75 Å². The number of carbonyl (C=O) groups is 1. The standard InChI is InChI=1S/C24H20N4O4/c29-24(25-23-13-14-27(26-23)16-18-5-2-1-3-6-18)20-8-4-7-19(15-20)17-32-22-11-9-21(10-12-22)28(30)31/h1-15H,16-17H2,(H,25,26,29). The average Bonchev–Trinajstić information content (AvgIpc) is 3.25. The zero-order valence-corrected chi connectivity index (χ0v) is 17.0. The zero-order valence-electron chi connectivity index (χ0n) is 17.0. The molecule has 1 N–H and O–H groups in total. The van der Waals surface area contributed by atoms with Gasteiger partial charge >= 0.3 is 0 Å². The number of amides is 1. The van der Waals surface area contributed by atoms with Gasteiger partial charge in [-0.25, -0.2) is 0 Å². The molecule has 0 aliphatic heterocycles. The Labute approximate surface area is 184 Å². The van der Waals surface area contributed by atoms with Gasteiger partial charge < -0.3 is 10.1 Å². The van der Waals surface area contributed by atoms with Crippen molar-refractivity contribution in [3.8, 4) is 5.75 Å². The number of rotatable bonds is 8. The van der Waals surface area contributed by atoms with Gasteiger partial charge in [-0.2, -0.15) is 5.10 Å². The quantitative estimate of drug-likeness (QED) is 0.325. The molecule has 0 saturated heterocycles. The van der Waals surface area contributed by atoms with Crippen LogP contribution in [0.25, 0.3) is 0 Å². The molecule has 4 aromatic rings. The summed E-state index contributed by atoms with van der Waals surface area (Å²) in [6.07, 6.45) is 1.82. The van der Waals surface area contributed by atoms with Crippen molar-refractivity contribution in [3.05, 3.63) is 118 Å². The fourth-order valence-corrected chi connectivity index (χ4v) is 3.11. The van der Waals surface area contributed by atoms with Crippen LogP contribution in [0.1, 0.15) is 21.5 Å². The van der Waals surface area contributed by atoms with E-state index in [0.29, 0.717) is 23.7 Å². The highest BCUT2D eigenvalue weighted by Crippen LogP contribution is 2.19. The predicted molar refractivity (Wildman–Crippen MR) is 120 cm³/mol. The lowest BCUT2D eigenvalue weighted by Crippen LogP contribution is -2.13. The lowest BCUT2D eigenvalue weighted by atomic mass is 10.1. The van der Waals surface area contributed by atoms with Crippen LogP contribution in [0.2, 0.25) is 0 Å². The second-order valence-corrected chi connectivity index (χ2v) is 7.08. The molecule has 0 saturated carbocycles. The highest BCUT2D eigenvalue weighted by molar-refractivity contribution is 6.03. The van der Waals surface area contributed by atoms with E-state index in [-0.39, 0.29) is 18.2 Å². The summed E-state index contributed by atoms with van der Waals surface area (Å²) >= 11 is 0. The van der Waals surface area contributed by atoms with Crippen molar-refractivity contribution in [2.24, 2.45) is 0 Å². The SMILES string of the molecule is O=C(Nc1ccn(Cc2ccccc2)n1)c1cccc(COc2ccc([N+](=O)[O-])cc2)c1. The highest BCUT2D eigenvalue weighted by atomic mass is 16.6. The van der Waals surface area contributed by atoms with E-state index >= 15 is 0 Å². The van der Waals surface area contributed by atoms with Gasteiger partial charge in [-0.15, -0.1) is 0 Å². The summed E-state index contributed by atoms with van der Waals surface area (Å²) in [5.74, 6) is 0.708. The number of nitro benzene ring substituents is 1. The van der Waals surface area contributed by atoms with Gasteiger partial charge in [-0.05, 0) is 35.4 Å². The number of carbonyl (C=O) groups excluding carboxylic acids is 1. The van der Waals surface area contributed by atoms with Gasteiger partial charge in [0.2, 0.25) is 0 Å². The van der Waals surface area contributed by atoms with E-state index in [9.17, 15) is 14.9 Å².